The smallest absolute Gasteiger partial charge is 0.0312 e. The van der Waals surface area contributed by atoms with Crippen LogP contribution >= 0.6 is 0 Å². The molecule has 2 fully saturated rings. The molecule has 92 valence electrons. The van der Waals surface area contributed by atoms with Crippen LogP contribution in [0.4, 0.5) is 0 Å². The van der Waals surface area contributed by atoms with Crippen LogP contribution in [0.25, 0.3) is 0 Å². The van der Waals surface area contributed by atoms with Gasteiger partial charge in [-0.2, -0.15) is 0 Å². The van der Waals surface area contributed by atoms with Gasteiger partial charge in [-0.15, -0.1) is 0 Å². The zero-order valence-corrected chi connectivity index (χ0v) is 10.3. The lowest BCUT2D eigenvalue weighted by atomic mass is 10.2. The first-order valence-electron chi connectivity index (χ1n) is 6.78. The fraction of sp³-hybridized carbons (Fsp3) is 0.643. The fourth-order valence-electron chi connectivity index (χ4n) is 2.65. The number of rotatable bonds is 5. The molecule has 3 rings (SSSR count). The van der Waals surface area contributed by atoms with Gasteiger partial charge in [0.1, 0.15) is 0 Å². The number of nitrogens with one attached hydrogen (secondary N) is 1. The van der Waals surface area contributed by atoms with Crippen LogP contribution in [0.15, 0.2) is 24.5 Å². The van der Waals surface area contributed by atoms with E-state index in [1.54, 1.807) is 0 Å². The Bertz CT molecular complexity index is 348. The maximum atomic E-state index is 4.19. The van der Waals surface area contributed by atoms with Crippen LogP contribution < -0.4 is 5.32 Å². The summed E-state index contributed by atoms with van der Waals surface area (Å²) in [4.78, 5) is 6.80. The molecule has 1 N–H and O–H groups in total. The van der Waals surface area contributed by atoms with Gasteiger partial charge in [-0.1, -0.05) is 6.07 Å². The van der Waals surface area contributed by atoms with Crippen molar-refractivity contribution in [2.75, 3.05) is 13.1 Å². The quantitative estimate of drug-likeness (QED) is 0.837. The second-order valence-corrected chi connectivity index (χ2v) is 5.31. The molecule has 1 aromatic heterocycles. The monoisotopic (exact) mass is 231 g/mol. The number of nitrogens with zero attached hydrogens (tertiary/aromatic N) is 2. The van der Waals surface area contributed by atoms with E-state index in [0.717, 1.165) is 18.6 Å². The van der Waals surface area contributed by atoms with Gasteiger partial charge >= 0.3 is 0 Å². The first kappa shape index (κ1) is 11.2. The number of aromatic nitrogens is 1. The Morgan fingerprint density at radius 3 is 3.06 bits per heavy atom. The van der Waals surface area contributed by atoms with Crippen LogP contribution in [0, 0.1) is 0 Å². The van der Waals surface area contributed by atoms with Crippen molar-refractivity contribution in [3.8, 4) is 0 Å². The molecule has 1 atom stereocenters. The lowest BCUT2D eigenvalue weighted by Gasteiger charge is -2.24. The third kappa shape index (κ3) is 3.05. The Morgan fingerprint density at radius 1 is 1.35 bits per heavy atom. The van der Waals surface area contributed by atoms with Gasteiger partial charge < -0.3 is 5.32 Å². The molecule has 1 unspecified atom stereocenters. The van der Waals surface area contributed by atoms with Crippen molar-refractivity contribution in [1.82, 2.24) is 15.2 Å². The van der Waals surface area contributed by atoms with Gasteiger partial charge in [0.25, 0.3) is 0 Å². The topological polar surface area (TPSA) is 28.2 Å². The highest BCUT2D eigenvalue weighted by Crippen LogP contribution is 2.22. The van der Waals surface area contributed by atoms with Crippen molar-refractivity contribution in [3.05, 3.63) is 30.1 Å². The SMILES string of the molecule is c1cncc(CN2CCCC2CNC2CC2)c1. The first-order chi connectivity index (χ1) is 8.42. The Kier molecular flexibility index (Phi) is 3.39. The molecule has 3 nitrogen and oxygen atoms in total. The van der Waals surface area contributed by atoms with Crippen LogP contribution in [0.1, 0.15) is 31.2 Å². The van der Waals surface area contributed by atoms with Gasteiger partial charge in [0, 0.05) is 37.6 Å². The number of pyridine rings is 1. The molecule has 1 aliphatic heterocycles. The summed E-state index contributed by atoms with van der Waals surface area (Å²) in [5.74, 6) is 0. The van der Waals surface area contributed by atoms with Crippen molar-refractivity contribution >= 4 is 0 Å². The lowest BCUT2D eigenvalue weighted by Crippen LogP contribution is -2.38. The second kappa shape index (κ2) is 5.15. The number of hydrogen-bond acceptors (Lipinski definition) is 3. The molecule has 1 saturated heterocycles. The van der Waals surface area contributed by atoms with Crippen molar-refractivity contribution in [1.29, 1.82) is 0 Å². The third-order valence-electron chi connectivity index (χ3n) is 3.83. The van der Waals surface area contributed by atoms with E-state index < -0.39 is 0 Å². The molecule has 1 aromatic rings. The maximum Gasteiger partial charge on any atom is 0.0312 e. The van der Waals surface area contributed by atoms with Gasteiger partial charge in [0.2, 0.25) is 0 Å². The second-order valence-electron chi connectivity index (χ2n) is 5.31. The Morgan fingerprint density at radius 2 is 2.29 bits per heavy atom. The van der Waals surface area contributed by atoms with E-state index >= 15 is 0 Å². The maximum absolute atomic E-state index is 4.19. The van der Waals surface area contributed by atoms with Gasteiger partial charge in [-0.25, -0.2) is 0 Å². The van der Waals surface area contributed by atoms with Crippen molar-refractivity contribution in [2.24, 2.45) is 0 Å². The van der Waals surface area contributed by atoms with Crippen LogP contribution in [-0.4, -0.2) is 35.1 Å². The molecule has 3 heteroatoms. The summed E-state index contributed by atoms with van der Waals surface area (Å²) >= 11 is 0. The van der Waals surface area contributed by atoms with Crippen LogP contribution in [-0.2, 0) is 6.54 Å². The normalized spacial score (nSPS) is 25.3. The molecule has 0 bridgehead atoms. The molecule has 1 aliphatic carbocycles. The largest absolute Gasteiger partial charge is 0.312 e. The molecule has 2 aliphatic rings. The molecule has 0 aromatic carbocycles. The van der Waals surface area contributed by atoms with E-state index in [1.807, 2.05) is 18.5 Å². The Labute approximate surface area is 103 Å². The fourth-order valence-corrected chi connectivity index (χ4v) is 2.65. The summed E-state index contributed by atoms with van der Waals surface area (Å²) in [5.41, 5.74) is 1.34. The lowest BCUT2D eigenvalue weighted by molar-refractivity contribution is 0.238. The minimum atomic E-state index is 0.732. The van der Waals surface area contributed by atoms with Gasteiger partial charge in [0.15, 0.2) is 0 Å². The predicted octanol–water partition coefficient (Wildman–Crippen LogP) is 1.80. The molecular weight excluding hydrogens is 210 g/mol. The number of likely N-dealkylation sites (tertiary alicyclic amines) is 1. The standard InChI is InChI=1S/C14H21N3/c1-3-12(9-15-7-1)11-17-8-2-4-14(17)10-16-13-5-6-13/h1,3,7,9,13-14,16H,2,4-6,8,10-11H2. The molecule has 0 spiro atoms. The summed E-state index contributed by atoms with van der Waals surface area (Å²) in [6.45, 7) is 3.47. The van der Waals surface area contributed by atoms with Gasteiger partial charge in [-0.3, -0.25) is 9.88 Å². The molecule has 0 amide bonds. The first-order valence-corrected chi connectivity index (χ1v) is 6.78. The van der Waals surface area contributed by atoms with E-state index in [2.05, 4.69) is 21.3 Å². The highest BCUT2D eigenvalue weighted by atomic mass is 15.2. The van der Waals surface area contributed by atoms with Crippen molar-refractivity contribution in [3.63, 3.8) is 0 Å². The summed E-state index contributed by atoms with van der Waals surface area (Å²) in [6.07, 6.45) is 9.30. The highest BCUT2D eigenvalue weighted by molar-refractivity contribution is 5.08. The zero-order chi connectivity index (χ0) is 11.5. The van der Waals surface area contributed by atoms with Gasteiger partial charge in [0.05, 0.1) is 0 Å². The average Bonchev–Trinajstić information content (AvgIpc) is 3.09. The third-order valence-corrected chi connectivity index (χ3v) is 3.83. The van der Waals surface area contributed by atoms with Crippen LogP contribution in [0.3, 0.4) is 0 Å². The minimum Gasteiger partial charge on any atom is -0.312 e. The van der Waals surface area contributed by atoms with Gasteiger partial charge in [-0.05, 0) is 43.9 Å². The summed E-state index contributed by atoms with van der Waals surface area (Å²) < 4.78 is 0. The van der Waals surface area contributed by atoms with E-state index in [4.69, 9.17) is 0 Å². The summed E-state index contributed by atoms with van der Waals surface area (Å²) in [5, 5.41) is 3.66. The Balaban J connectivity index is 1.53. The molecular formula is C14H21N3. The minimum absolute atomic E-state index is 0.732. The molecule has 2 heterocycles. The van der Waals surface area contributed by atoms with E-state index in [-0.39, 0.29) is 0 Å². The predicted molar refractivity (Wildman–Crippen MR) is 68.7 cm³/mol. The molecule has 17 heavy (non-hydrogen) atoms. The highest BCUT2D eigenvalue weighted by Gasteiger charge is 2.27. The van der Waals surface area contributed by atoms with Crippen LogP contribution in [0.5, 0.6) is 0 Å². The van der Waals surface area contributed by atoms with E-state index in [9.17, 15) is 0 Å². The van der Waals surface area contributed by atoms with Crippen molar-refractivity contribution in [2.45, 2.75) is 44.3 Å². The molecule has 0 radical (unpaired) electrons. The summed E-state index contributed by atoms with van der Waals surface area (Å²) in [6, 6.07) is 5.77. The summed E-state index contributed by atoms with van der Waals surface area (Å²) in [7, 11) is 0. The van der Waals surface area contributed by atoms with E-state index in [0.29, 0.717) is 0 Å². The number of hydrogen-bond donors (Lipinski definition) is 1. The van der Waals surface area contributed by atoms with Crippen molar-refractivity contribution < 1.29 is 0 Å². The average molecular weight is 231 g/mol. The Hall–Kier alpha value is -0.930. The van der Waals surface area contributed by atoms with E-state index in [1.165, 1.54) is 44.3 Å². The zero-order valence-electron chi connectivity index (χ0n) is 10.3. The van der Waals surface area contributed by atoms with Crippen LogP contribution in [0.2, 0.25) is 0 Å². The molecule has 1 saturated carbocycles.